The van der Waals surface area contributed by atoms with Crippen molar-refractivity contribution in [2.24, 2.45) is 5.73 Å². The molecule has 0 aromatic heterocycles. The lowest BCUT2D eigenvalue weighted by Gasteiger charge is -2.21. The Morgan fingerprint density at radius 2 is 2.29 bits per heavy atom. The number of hydrogen-bond donors (Lipinski definition) is 1. The monoisotopic (exact) mass is 240 g/mol. The molecular formula is C12H17FN2O2. The molecule has 1 aromatic carbocycles. The Morgan fingerprint density at radius 3 is 2.88 bits per heavy atom. The topological polar surface area (TPSA) is 55.6 Å². The zero-order chi connectivity index (χ0) is 12.8. The Balaban J connectivity index is 2.63. The molecule has 17 heavy (non-hydrogen) atoms. The van der Waals surface area contributed by atoms with E-state index in [4.69, 9.17) is 10.5 Å². The van der Waals surface area contributed by atoms with Crippen LogP contribution in [-0.4, -0.2) is 44.2 Å². The molecule has 0 radical (unpaired) electrons. The van der Waals surface area contributed by atoms with E-state index in [-0.39, 0.29) is 11.9 Å². The van der Waals surface area contributed by atoms with Gasteiger partial charge in [0.25, 0.3) is 5.91 Å². The average molecular weight is 240 g/mol. The van der Waals surface area contributed by atoms with Crippen LogP contribution in [-0.2, 0) is 4.74 Å². The molecule has 1 aromatic rings. The Kier molecular flexibility index (Phi) is 5.06. The number of benzene rings is 1. The van der Waals surface area contributed by atoms with Crippen LogP contribution in [0.3, 0.4) is 0 Å². The summed E-state index contributed by atoms with van der Waals surface area (Å²) in [6, 6.07) is 5.34. The van der Waals surface area contributed by atoms with E-state index in [2.05, 4.69) is 0 Å². The van der Waals surface area contributed by atoms with Crippen molar-refractivity contribution in [3.63, 3.8) is 0 Å². The maximum atomic E-state index is 13.0. The lowest BCUT2D eigenvalue weighted by Crippen LogP contribution is -2.41. The first-order valence-corrected chi connectivity index (χ1v) is 5.30. The fourth-order valence-electron chi connectivity index (χ4n) is 1.54. The van der Waals surface area contributed by atoms with Crippen molar-refractivity contribution in [2.75, 3.05) is 27.3 Å². The van der Waals surface area contributed by atoms with Gasteiger partial charge in [-0.15, -0.1) is 0 Å². The van der Waals surface area contributed by atoms with Gasteiger partial charge in [0.1, 0.15) is 5.82 Å². The summed E-state index contributed by atoms with van der Waals surface area (Å²) < 4.78 is 17.8. The first-order valence-electron chi connectivity index (χ1n) is 5.30. The third-order valence-electron chi connectivity index (χ3n) is 2.31. The van der Waals surface area contributed by atoms with Crippen LogP contribution >= 0.6 is 0 Å². The zero-order valence-corrected chi connectivity index (χ0v) is 10.0. The Labute approximate surface area is 100 Å². The van der Waals surface area contributed by atoms with E-state index in [0.717, 1.165) is 0 Å². The molecule has 2 N–H and O–H groups in total. The highest BCUT2D eigenvalue weighted by atomic mass is 19.1. The molecule has 0 fully saturated rings. The second kappa shape index (κ2) is 6.32. The highest BCUT2D eigenvalue weighted by Gasteiger charge is 2.14. The number of amides is 1. The summed E-state index contributed by atoms with van der Waals surface area (Å²) in [5.74, 6) is -0.679. The lowest BCUT2D eigenvalue weighted by atomic mass is 10.2. The molecule has 5 heteroatoms. The molecule has 94 valence electrons. The number of ether oxygens (including phenoxy) is 1. The van der Waals surface area contributed by atoms with E-state index >= 15 is 0 Å². The first-order chi connectivity index (χ1) is 8.04. The largest absolute Gasteiger partial charge is 0.383 e. The summed E-state index contributed by atoms with van der Waals surface area (Å²) in [4.78, 5) is 13.4. The minimum Gasteiger partial charge on any atom is -0.383 e. The fourth-order valence-corrected chi connectivity index (χ4v) is 1.54. The van der Waals surface area contributed by atoms with Gasteiger partial charge >= 0.3 is 0 Å². The van der Waals surface area contributed by atoms with Crippen molar-refractivity contribution in [3.05, 3.63) is 35.6 Å². The molecule has 0 saturated heterocycles. The summed E-state index contributed by atoms with van der Waals surface area (Å²) in [5.41, 5.74) is 6.05. The van der Waals surface area contributed by atoms with Crippen molar-refractivity contribution in [1.82, 2.24) is 4.90 Å². The standard InChI is InChI=1S/C12H17FN2O2/c1-15(7-11(14)8-17-2)12(16)9-4-3-5-10(13)6-9/h3-6,11H,7-8,14H2,1-2H3. The normalized spacial score (nSPS) is 12.2. The molecule has 1 atom stereocenters. The van der Waals surface area contributed by atoms with E-state index in [9.17, 15) is 9.18 Å². The van der Waals surface area contributed by atoms with Crippen LogP contribution in [0.1, 0.15) is 10.4 Å². The Morgan fingerprint density at radius 1 is 1.59 bits per heavy atom. The van der Waals surface area contributed by atoms with Crippen LogP contribution in [0.2, 0.25) is 0 Å². The van der Waals surface area contributed by atoms with Gasteiger partial charge in [-0.3, -0.25) is 4.79 Å². The Bertz CT molecular complexity index is 385. The van der Waals surface area contributed by atoms with Gasteiger partial charge in [0.15, 0.2) is 0 Å². The number of likely N-dealkylation sites (N-methyl/N-ethyl adjacent to an activating group) is 1. The quantitative estimate of drug-likeness (QED) is 0.831. The summed E-state index contributed by atoms with van der Waals surface area (Å²) >= 11 is 0. The number of nitrogens with zero attached hydrogens (tertiary/aromatic N) is 1. The molecule has 0 spiro atoms. The molecule has 0 aliphatic heterocycles. The summed E-state index contributed by atoms with van der Waals surface area (Å²) in [6.07, 6.45) is 0. The third kappa shape index (κ3) is 4.13. The number of carbonyl (C=O) groups excluding carboxylic acids is 1. The van der Waals surface area contributed by atoms with Crippen LogP contribution in [0.5, 0.6) is 0 Å². The van der Waals surface area contributed by atoms with Crippen LogP contribution < -0.4 is 5.73 Å². The smallest absolute Gasteiger partial charge is 0.253 e. The maximum Gasteiger partial charge on any atom is 0.253 e. The molecule has 1 rings (SSSR count). The SMILES string of the molecule is COCC(N)CN(C)C(=O)c1cccc(F)c1. The van der Waals surface area contributed by atoms with Gasteiger partial charge in [-0.1, -0.05) is 6.07 Å². The van der Waals surface area contributed by atoms with Gasteiger partial charge in [0.2, 0.25) is 0 Å². The third-order valence-corrected chi connectivity index (χ3v) is 2.31. The van der Waals surface area contributed by atoms with Crippen LogP contribution in [0.15, 0.2) is 24.3 Å². The van der Waals surface area contributed by atoms with Crippen molar-refractivity contribution in [1.29, 1.82) is 0 Å². The van der Waals surface area contributed by atoms with E-state index in [1.165, 1.54) is 23.1 Å². The van der Waals surface area contributed by atoms with Gasteiger partial charge in [-0.2, -0.15) is 0 Å². The second-order valence-electron chi connectivity index (χ2n) is 3.91. The molecule has 0 bridgehead atoms. The molecule has 1 amide bonds. The molecule has 4 nitrogen and oxygen atoms in total. The number of methoxy groups -OCH3 is 1. The fraction of sp³-hybridized carbons (Fsp3) is 0.417. The number of carbonyl (C=O) groups is 1. The number of hydrogen-bond acceptors (Lipinski definition) is 3. The van der Waals surface area contributed by atoms with Crippen LogP contribution in [0.25, 0.3) is 0 Å². The number of halogens is 1. The van der Waals surface area contributed by atoms with Crippen molar-refractivity contribution in [3.8, 4) is 0 Å². The van der Waals surface area contributed by atoms with E-state index in [1.807, 2.05) is 0 Å². The van der Waals surface area contributed by atoms with Gasteiger partial charge in [-0.25, -0.2) is 4.39 Å². The molecule has 0 saturated carbocycles. The lowest BCUT2D eigenvalue weighted by molar-refractivity contribution is 0.0764. The number of rotatable bonds is 5. The predicted molar refractivity (Wildman–Crippen MR) is 63.2 cm³/mol. The van der Waals surface area contributed by atoms with Crippen LogP contribution in [0.4, 0.5) is 4.39 Å². The Hall–Kier alpha value is -1.46. The summed E-state index contributed by atoms with van der Waals surface area (Å²) in [7, 11) is 3.18. The first kappa shape index (κ1) is 13.6. The molecule has 0 aliphatic rings. The number of nitrogens with two attached hydrogens (primary N) is 1. The van der Waals surface area contributed by atoms with Crippen molar-refractivity contribution in [2.45, 2.75) is 6.04 Å². The summed E-state index contributed by atoms with van der Waals surface area (Å²) in [5, 5.41) is 0. The van der Waals surface area contributed by atoms with E-state index in [0.29, 0.717) is 18.7 Å². The van der Waals surface area contributed by atoms with E-state index in [1.54, 1.807) is 20.2 Å². The van der Waals surface area contributed by atoms with Gasteiger partial charge < -0.3 is 15.4 Å². The van der Waals surface area contributed by atoms with Gasteiger partial charge in [0.05, 0.1) is 6.61 Å². The average Bonchev–Trinajstić information content (AvgIpc) is 2.28. The van der Waals surface area contributed by atoms with E-state index < -0.39 is 5.82 Å². The molecular weight excluding hydrogens is 223 g/mol. The minimum absolute atomic E-state index is 0.248. The molecule has 1 unspecified atom stereocenters. The predicted octanol–water partition coefficient (Wildman–Crippen LogP) is 0.871. The van der Waals surface area contributed by atoms with Gasteiger partial charge in [-0.05, 0) is 18.2 Å². The highest BCUT2D eigenvalue weighted by Crippen LogP contribution is 2.06. The molecule has 0 heterocycles. The minimum atomic E-state index is -0.426. The second-order valence-corrected chi connectivity index (χ2v) is 3.91. The van der Waals surface area contributed by atoms with Crippen molar-refractivity contribution >= 4 is 5.91 Å². The van der Waals surface area contributed by atoms with Gasteiger partial charge in [0, 0.05) is 32.3 Å². The maximum absolute atomic E-state index is 13.0. The highest BCUT2D eigenvalue weighted by molar-refractivity contribution is 5.94. The molecule has 0 aliphatic carbocycles. The summed E-state index contributed by atoms with van der Waals surface area (Å²) in [6.45, 7) is 0.740. The zero-order valence-electron chi connectivity index (χ0n) is 10.0. The van der Waals surface area contributed by atoms with Crippen LogP contribution in [0, 0.1) is 5.82 Å². The van der Waals surface area contributed by atoms with Crippen molar-refractivity contribution < 1.29 is 13.9 Å².